The van der Waals surface area contributed by atoms with E-state index < -0.39 is 17.8 Å². The molecule has 0 aliphatic rings. The lowest BCUT2D eigenvalue weighted by molar-refractivity contribution is 0.0518. The number of aliphatic hydroxyl groups excluding tert-OH is 2. The molecule has 0 saturated heterocycles. The van der Waals surface area contributed by atoms with Crippen LogP contribution in [0.4, 0.5) is 0 Å². The summed E-state index contributed by atoms with van der Waals surface area (Å²) in [6.07, 6.45) is -1.64. The van der Waals surface area contributed by atoms with Gasteiger partial charge in [0.2, 0.25) is 0 Å². The number of rotatable bonds is 2. The third-order valence-corrected chi connectivity index (χ3v) is 1.60. The largest absolute Gasteiger partial charge is 0.384 e. The lowest BCUT2D eigenvalue weighted by atomic mass is 10.1. The van der Waals surface area contributed by atoms with Crippen LogP contribution in [0.2, 0.25) is 0 Å². The second-order valence-electron chi connectivity index (χ2n) is 2.47. The molecule has 3 N–H and O–H groups in total. The molecule has 5 nitrogen and oxygen atoms in total. The van der Waals surface area contributed by atoms with E-state index in [1.165, 1.54) is 24.4 Å². The Morgan fingerprint density at radius 3 is 2.77 bits per heavy atom. The van der Waals surface area contributed by atoms with Gasteiger partial charge in [-0.25, -0.2) is 0 Å². The molecule has 1 aromatic rings. The molecule has 2 atom stereocenters. The van der Waals surface area contributed by atoms with Crippen molar-refractivity contribution < 1.29 is 10.2 Å². The Morgan fingerprint density at radius 1 is 1.54 bits per heavy atom. The van der Waals surface area contributed by atoms with Gasteiger partial charge >= 0.3 is 0 Å². The van der Waals surface area contributed by atoms with Crippen molar-refractivity contribution >= 4 is 0 Å². The Balaban J connectivity index is 3.03. The number of nitriles is 1. The van der Waals surface area contributed by atoms with Crippen LogP contribution in [0.25, 0.3) is 0 Å². The predicted octanol–water partition coefficient (Wildman–Crippen LogP) is -0.707. The summed E-state index contributed by atoms with van der Waals surface area (Å²) in [6, 6.07) is 4.30. The Bertz CT molecular complexity index is 379. The fourth-order valence-electron chi connectivity index (χ4n) is 0.908. The van der Waals surface area contributed by atoms with Gasteiger partial charge in [0.1, 0.15) is 6.10 Å². The quantitative estimate of drug-likeness (QED) is 0.524. The molecule has 0 fully saturated rings. The van der Waals surface area contributed by atoms with Crippen LogP contribution in [0, 0.1) is 11.3 Å². The first-order valence-corrected chi connectivity index (χ1v) is 3.60. The number of H-pyrrole nitrogens is 1. The SMILES string of the molecule is N#CC(O)C(O)c1ccc[nH]c1=O. The zero-order valence-corrected chi connectivity index (χ0v) is 6.64. The third kappa shape index (κ3) is 1.93. The maximum absolute atomic E-state index is 11.0. The van der Waals surface area contributed by atoms with Gasteiger partial charge in [-0.3, -0.25) is 4.79 Å². The van der Waals surface area contributed by atoms with E-state index in [1.54, 1.807) is 0 Å². The van der Waals surface area contributed by atoms with Gasteiger partial charge < -0.3 is 15.2 Å². The van der Waals surface area contributed by atoms with E-state index in [0.29, 0.717) is 0 Å². The smallest absolute Gasteiger partial charge is 0.253 e. The van der Waals surface area contributed by atoms with E-state index >= 15 is 0 Å². The van der Waals surface area contributed by atoms with Crippen LogP contribution in [-0.4, -0.2) is 21.3 Å². The molecule has 0 amide bonds. The van der Waals surface area contributed by atoms with E-state index in [-0.39, 0.29) is 5.56 Å². The van der Waals surface area contributed by atoms with Gasteiger partial charge in [0.15, 0.2) is 6.10 Å². The number of hydrogen-bond donors (Lipinski definition) is 3. The highest BCUT2D eigenvalue weighted by molar-refractivity contribution is 5.15. The van der Waals surface area contributed by atoms with Gasteiger partial charge in [0.25, 0.3) is 5.56 Å². The molecule has 2 unspecified atom stereocenters. The van der Waals surface area contributed by atoms with Crippen LogP contribution in [0.15, 0.2) is 23.1 Å². The normalized spacial score (nSPS) is 14.5. The highest BCUT2D eigenvalue weighted by Crippen LogP contribution is 2.10. The second kappa shape index (κ2) is 3.85. The topological polar surface area (TPSA) is 97.1 Å². The molecular formula is C8H8N2O3. The van der Waals surface area contributed by atoms with Crippen molar-refractivity contribution in [2.24, 2.45) is 0 Å². The molecule has 68 valence electrons. The summed E-state index contributed by atoms with van der Waals surface area (Å²) in [7, 11) is 0. The molecule has 1 heterocycles. The number of nitrogens with one attached hydrogen (secondary N) is 1. The van der Waals surface area contributed by atoms with E-state index in [9.17, 15) is 9.90 Å². The van der Waals surface area contributed by atoms with Gasteiger partial charge in [-0.15, -0.1) is 0 Å². The van der Waals surface area contributed by atoms with Crippen LogP contribution in [0.5, 0.6) is 0 Å². The summed E-state index contributed by atoms with van der Waals surface area (Å²) in [4.78, 5) is 13.4. The Morgan fingerprint density at radius 2 is 2.23 bits per heavy atom. The summed E-state index contributed by atoms with van der Waals surface area (Å²) in [5, 5.41) is 26.5. The summed E-state index contributed by atoms with van der Waals surface area (Å²) in [5.41, 5.74) is -0.527. The average Bonchev–Trinajstić information content (AvgIpc) is 2.16. The molecule has 1 rings (SSSR count). The zero-order chi connectivity index (χ0) is 9.84. The van der Waals surface area contributed by atoms with Crippen molar-refractivity contribution in [2.45, 2.75) is 12.2 Å². The van der Waals surface area contributed by atoms with Crippen LogP contribution >= 0.6 is 0 Å². The minimum atomic E-state index is -1.58. The molecule has 0 bridgehead atoms. The number of aromatic amines is 1. The minimum Gasteiger partial charge on any atom is -0.384 e. The van der Waals surface area contributed by atoms with E-state index in [1.807, 2.05) is 0 Å². The fourth-order valence-corrected chi connectivity index (χ4v) is 0.908. The lowest BCUT2D eigenvalue weighted by Gasteiger charge is -2.09. The number of nitrogens with zero attached hydrogens (tertiary/aromatic N) is 1. The second-order valence-corrected chi connectivity index (χ2v) is 2.47. The van der Waals surface area contributed by atoms with Crippen LogP contribution < -0.4 is 5.56 Å². The van der Waals surface area contributed by atoms with Crippen molar-refractivity contribution in [1.82, 2.24) is 4.98 Å². The van der Waals surface area contributed by atoms with Crippen molar-refractivity contribution in [2.75, 3.05) is 0 Å². The molecule has 0 aliphatic heterocycles. The van der Waals surface area contributed by atoms with Crippen LogP contribution in [0.1, 0.15) is 11.7 Å². The number of aliphatic hydroxyl groups is 2. The summed E-state index contributed by atoms with van der Waals surface area (Å²) in [6.45, 7) is 0. The molecule has 0 aromatic carbocycles. The van der Waals surface area contributed by atoms with E-state index in [0.717, 1.165) is 0 Å². The Hall–Kier alpha value is -1.64. The molecule has 1 aromatic heterocycles. The number of aromatic nitrogens is 1. The van der Waals surface area contributed by atoms with Gasteiger partial charge in [0, 0.05) is 11.8 Å². The monoisotopic (exact) mass is 180 g/mol. The average molecular weight is 180 g/mol. The summed E-state index contributed by atoms with van der Waals surface area (Å²) >= 11 is 0. The molecule has 0 aliphatic carbocycles. The first-order valence-electron chi connectivity index (χ1n) is 3.60. The summed E-state index contributed by atoms with van der Waals surface area (Å²) < 4.78 is 0. The summed E-state index contributed by atoms with van der Waals surface area (Å²) in [5.74, 6) is 0. The van der Waals surface area contributed by atoms with Gasteiger partial charge in [0.05, 0.1) is 6.07 Å². The first kappa shape index (κ1) is 9.45. The molecule has 13 heavy (non-hydrogen) atoms. The molecule has 0 spiro atoms. The fraction of sp³-hybridized carbons (Fsp3) is 0.250. The zero-order valence-electron chi connectivity index (χ0n) is 6.64. The van der Waals surface area contributed by atoms with Crippen LogP contribution in [-0.2, 0) is 0 Å². The van der Waals surface area contributed by atoms with Gasteiger partial charge in [-0.1, -0.05) is 0 Å². The highest BCUT2D eigenvalue weighted by Gasteiger charge is 2.19. The number of pyridine rings is 1. The Labute approximate surface area is 73.9 Å². The van der Waals surface area contributed by atoms with Crippen molar-refractivity contribution in [3.05, 3.63) is 34.2 Å². The Kier molecular flexibility index (Phi) is 2.80. The first-order chi connectivity index (χ1) is 6.16. The maximum atomic E-state index is 11.0. The molecule has 0 radical (unpaired) electrons. The predicted molar refractivity (Wildman–Crippen MR) is 43.6 cm³/mol. The number of hydrogen-bond acceptors (Lipinski definition) is 4. The molecular weight excluding hydrogens is 172 g/mol. The molecule has 0 saturated carbocycles. The van der Waals surface area contributed by atoms with E-state index in [2.05, 4.69) is 4.98 Å². The van der Waals surface area contributed by atoms with Gasteiger partial charge in [-0.2, -0.15) is 5.26 Å². The third-order valence-electron chi connectivity index (χ3n) is 1.60. The van der Waals surface area contributed by atoms with Crippen molar-refractivity contribution in [3.8, 4) is 6.07 Å². The van der Waals surface area contributed by atoms with E-state index in [4.69, 9.17) is 10.4 Å². The molecule has 5 heteroatoms. The maximum Gasteiger partial charge on any atom is 0.253 e. The van der Waals surface area contributed by atoms with Crippen molar-refractivity contribution in [3.63, 3.8) is 0 Å². The highest BCUT2D eigenvalue weighted by atomic mass is 16.3. The van der Waals surface area contributed by atoms with Crippen molar-refractivity contribution in [1.29, 1.82) is 5.26 Å². The minimum absolute atomic E-state index is 0.0171. The van der Waals surface area contributed by atoms with Gasteiger partial charge in [-0.05, 0) is 12.1 Å². The lowest BCUT2D eigenvalue weighted by Crippen LogP contribution is -2.23. The van der Waals surface area contributed by atoms with Crippen LogP contribution in [0.3, 0.4) is 0 Å². The standard InChI is InChI=1S/C8H8N2O3/c9-4-6(11)7(12)5-2-1-3-10-8(5)13/h1-3,6-7,11-12H,(H,10,13).